The molecule has 1 atom stereocenters. The van der Waals surface area contributed by atoms with Crippen molar-refractivity contribution in [2.75, 3.05) is 6.54 Å². The average molecular weight is 270 g/mol. The Bertz CT molecular complexity index is 396. The predicted octanol–water partition coefficient (Wildman–Crippen LogP) is 3.19. The van der Waals surface area contributed by atoms with Crippen LogP contribution in [0.1, 0.15) is 44.5 Å². The van der Waals surface area contributed by atoms with Gasteiger partial charge in [-0.2, -0.15) is 5.10 Å². The number of rotatable bonds is 7. The van der Waals surface area contributed by atoms with E-state index in [1.165, 1.54) is 25.0 Å². The maximum atomic E-state index is 6.37. The van der Waals surface area contributed by atoms with E-state index in [1.807, 2.05) is 6.92 Å². The van der Waals surface area contributed by atoms with Gasteiger partial charge in [0.05, 0.1) is 16.4 Å². The van der Waals surface area contributed by atoms with Crippen molar-refractivity contribution >= 4 is 11.6 Å². The lowest BCUT2D eigenvalue weighted by Gasteiger charge is -2.16. The van der Waals surface area contributed by atoms with Gasteiger partial charge in [0.25, 0.3) is 0 Å². The summed E-state index contributed by atoms with van der Waals surface area (Å²) in [7, 11) is 0. The summed E-state index contributed by atoms with van der Waals surface area (Å²) in [5.41, 5.74) is 2.17. The molecule has 1 fully saturated rings. The molecule has 0 aromatic carbocycles. The number of nitrogens with zero attached hydrogens (tertiary/aromatic N) is 2. The van der Waals surface area contributed by atoms with Gasteiger partial charge >= 0.3 is 0 Å². The largest absolute Gasteiger partial charge is 0.314 e. The topological polar surface area (TPSA) is 29.9 Å². The van der Waals surface area contributed by atoms with Gasteiger partial charge in [-0.3, -0.25) is 4.68 Å². The third-order valence-corrected chi connectivity index (χ3v) is 4.28. The average Bonchev–Trinajstić information content (AvgIpc) is 3.15. The zero-order chi connectivity index (χ0) is 13.1. The van der Waals surface area contributed by atoms with Gasteiger partial charge in [0.1, 0.15) is 0 Å². The minimum absolute atomic E-state index is 0.657. The lowest BCUT2D eigenvalue weighted by molar-refractivity contribution is 0.442. The summed E-state index contributed by atoms with van der Waals surface area (Å²) in [4.78, 5) is 0. The molecule has 1 heterocycles. The third kappa shape index (κ3) is 3.27. The molecular formula is C14H24ClN3. The minimum Gasteiger partial charge on any atom is -0.314 e. The molecule has 1 aliphatic rings. The van der Waals surface area contributed by atoms with E-state index in [0.29, 0.717) is 5.92 Å². The molecule has 0 saturated heterocycles. The Labute approximate surface area is 115 Å². The van der Waals surface area contributed by atoms with Crippen LogP contribution in [0.25, 0.3) is 0 Å². The normalized spacial score (nSPS) is 17.1. The lowest BCUT2D eigenvalue weighted by atomic mass is 10.00. The van der Waals surface area contributed by atoms with E-state index in [2.05, 4.69) is 28.9 Å². The highest BCUT2D eigenvalue weighted by Gasteiger charge is 2.23. The second-order valence-electron chi connectivity index (χ2n) is 5.32. The van der Waals surface area contributed by atoms with E-state index in [-0.39, 0.29) is 0 Å². The lowest BCUT2D eigenvalue weighted by Crippen LogP contribution is -2.26. The predicted molar refractivity (Wildman–Crippen MR) is 76.2 cm³/mol. The Morgan fingerprint density at radius 3 is 2.72 bits per heavy atom. The minimum atomic E-state index is 0.657. The highest BCUT2D eigenvalue weighted by atomic mass is 35.5. The maximum Gasteiger partial charge on any atom is 0.0847 e. The van der Waals surface area contributed by atoms with Crippen molar-refractivity contribution in [3.63, 3.8) is 0 Å². The molecule has 0 bridgehead atoms. The van der Waals surface area contributed by atoms with Crippen LogP contribution in [0.4, 0.5) is 0 Å². The van der Waals surface area contributed by atoms with Crippen molar-refractivity contribution in [2.45, 2.75) is 59.0 Å². The standard InChI is InChI=1S/C14H24ClN3/c1-4-11(9-16-12-6-7-12)8-13-14(15)10(3)17-18(13)5-2/h11-12,16H,4-9H2,1-3H3. The smallest absolute Gasteiger partial charge is 0.0847 e. The Hall–Kier alpha value is -0.540. The zero-order valence-electron chi connectivity index (χ0n) is 11.7. The van der Waals surface area contributed by atoms with Gasteiger partial charge in [-0.05, 0) is 45.6 Å². The number of aromatic nitrogens is 2. The molecule has 1 aromatic heterocycles. The van der Waals surface area contributed by atoms with E-state index >= 15 is 0 Å². The van der Waals surface area contributed by atoms with Gasteiger partial charge in [-0.1, -0.05) is 24.9 Å². The summed E-state index contributed by atoms with van der Waals surface area (Å²) in [6.07, 6.45) is 4.92. The Balaban J connectivity index is 2.00. The van der Waals surface area contributed by atoms with E-state index in [9.17, 15) is 0 Å². The second kappa shape index (κ2) is 6.07. The number of aryl methyl sites for hydroxylation is 2. The van der Waals surface area contributed by atoms with Crippen LogP contribution >= 0.6 is 11.6 Å². The van der Waals surface area contributed by atoms with Crippen LogP contribution in [0.5, 0.6) is 0 Å². The summed E-state index contributed by atoms with van der Waals surface area (Å²) in [6, 6.07) is 0.785. The van der Waals surface area contributed by atoms with Gasteiger partial charge < -0.3 is 5.32 Å². The van der Waals surface area contributed by atoms with Gasteiger partial charge in [0, 0.05) is 12.6 Å². The number of halogens is 1. The molecular weight excluding hydrogens is 246 g/mol. The summed E-state index contributed by atoms with van der Waals surface area (Å²) in [6.45, 7) is 8.37. The SMILES string of the molecule is CCC(CNC1CC1)Cc1c(Cl)c(C)nn1CC. The number of hydrogen-bond acceptors (Lipinski definition) is 2. The van der Waals surface area contributed by atoms with Crippen LogP contribution in [-0.4, -0.2) is 22.4 Å². The van der Waals surface area contributed by atoms with Crippen LogP contribution in [0.15, 0.2) is 0 Å². The van der Waals surface area contributed by atoms with Crippen molar-refractivity contribution in [1.29, 1.82) is 0 Å². The monoisotopic (exact) mass is 269 g/mol. The number of hydrogen-bond donors (Lipinski definition) is 1. The van der Waals surface area contributed by atoms with Crippen molar-refractivity contribution in [2.24, 2.45) is 5.92 Å². The second-order valence-corrected chi connectivity index (χ2v) is 5.70. The maximum absolute atomic E-state index is 6.37. The van der Waals surface area contributed by atoms with Gasteiger partial charge in [0.15, 0.2) is 0 Å². The molecule has 0 radical (unpaired) electrons. The van der Waals surface area contributed by atoms with E-state index in [4.69, 9.17) is 11.6 Å². The van der Waals surface area contributed by atoms with E-state index in [0.717, 1.165) is 36.3 Å². The first kappa shape index (κ1) is 13.9. The summed E-state index contributed by atoms with van der Waals surface area (Å²) in [5, 5.41) is 8.97. The summed E-state index contributed by atoms with van der Waals surface area (Å²) in [5.74, 6) is 0.657. The molecule has 0 amide bonds. The van der Waals surface area contributed by atoms with Gasteiger partial charge in [-0.25, -0.2) is 0 Å². The first-order chi connectivity index (χ1) is 8.65. The van der Waals surface area contributed by atoms with Crippen LogP contribution in [0.3, 0.4) is 0 Å². The molecule has 4 heteroatoms. The summed E-state index contributed by atoms with van der Waals surface area (Å²) >= 11 is 6.37. The molecule has 102 valence electrons. The van der Waals surface area contributed by atoms with E-state index in [1.54, 1.807) is 0 Å². The summed E-state index contributed by atoms with van der Waals surface area (Å²) < 4.78 is 2.05. The van der Waals surface area contributed by atoms with Crippen LogP contribution < -0.4 is 5.32 Å². The highest BCUT2D eigenvalue weighted by Crippen LogP contribution is 2.25. The van der Waals surface area contributed by atoms with Gasteiger partial charge in [0.2, 0.25) is 0 Å². The fourth-order valence-electron chi connectivity index (χ4n) is 2.32. The molecule has 1 N–H and O–H groups in total. The number of nitrogens with one attached hydrogen (secondary N) is 1. The van der Waals surface area contributed by atoms with Gasteiger partial charge in [-0.15, -0.1) is 0 Å². The molecule has 3 nitrogen and oxygen atoms in total. The van der Waals surface area contributed by atoms with Crippen molar-refractivity contribution in [3.05, 3.63) is 16.4 Å². The first-order valence-electron chi connectivity index (χ1n) is 7.10. The molecule has 18 heavy (non-hydrogen) atoms. The molecule has 1 aromatic rings. The van der Waals surface area contributed by atoms with Crippen molar-refractivity contribution < 1.29 is 0 Å². The Morgan fingerprint density at radius 1 is 1.44 bits per heavy atom. The molecule has 1 saturated carbocycles. The Kier molecular flexibility index (Phi) is 4.68. The van der Waals surface area contributed by atoms with E-state index < -0.39 is 0 Å². The van der Waals surface area contributed by atoms with Crippen LogP contribution in [0.2, 0.25) is 5.02 Å². The highest BCUT2D eigenvalue weighted by molar-refractivity contribution is 6.31. The van der Waals surface area contributed by atoms with Crippen LogP contribution in [0, 0.1) is 12.8 Å². The third-order valence-electron chi connectivity index (χ3n) is 3.78. The zero-order valence-corrected chi connectivity index (χ0v) is 12.4. The Morgan fingerprint density at radius 2 is 2.17 bits per heavy atom. The fourth-order valence-corrected chi connectivity index (χ4v) is 2.53. The van der Waals surface area contributed by atoms with Crippen LogP contribution in [-0.2, 0) is 13.0 Å². The molecule has 0 aliphatic heterocycles. The molecule has 2 rings (SSSR count). The molecule has 1 unspecified atom stereocenters. The van der Waals surface area contributed by atoms with Crippen molar-refractivity contribution in [1.82, 2.24) is 15.1 Å². The quantitative estimate of drug-likeness (QED) is 0.824. The molecule has 0 spiro atoms. The fraction of sp³-hybridized carbons (Fsp3) is 0.786. The van der Waals surface area contributed by atoms with Crippen molar-refractivity contribution in [3.8, 4) is 0 Å². The molecule has 1 aliphatic carbocycles. The first-order valence-corrected chi connectivity index (χ1v) is 7.48.